The Kier molecular flexibility index (Phi) is 8.01. The van der Waals surface area contributed by atoms with Crippen molar-refractivity contribution in [1.29, 1.82) is 0 Å². The third kappa shape index (κ3) is 6.53. The van der Waals surface area contributed by atoms with Crippen molar-refractivity contribution in [1.82, 2.24) is 10.2 Å². The van der Waals surface area contributed by atoms with E-state index >= 15 is 0 Å². The largest absolute Gasteiger partial charge is 0.359 e. The van der Waals surface area contributed by atoms with Crippen molar-refractivity contribution in [2.45, 2.75) is 32.9 Å². The number of likely N-dealkylation sites (N-methyl/N-ethyl adjacent to an activating group) is 1. The number of rotatable bonds is 9. The van der Waals surface area contributed by atoms with Crippen LogP contribution in [0.1, 0.15) is 38.0 Å². The molecule has 5 heteroatoms. The van der Waals surface area contributed by atoms with Crippen molar-refractivity contribution in [3.05, 3.63) is 71.8 Å². The minimum Gasteiger partial charge on any atom is -0.359 e. The van der Waals surface area contributed by atoms with Gasteiger partial charge in [0.05, 0.1) is 6.54 Å². The molecule has 0 aromatic heterocycles. The van der Waals surface area contributed by atoms with Gasteiger partial charge in [-0.1, -0.05) is 60.7 Å². The van der Waals surface area contributed by atoms with Gasteiger partial charge in [-0.05, 0) is 31.9 Å². The zero-order valence-corrected chi connectivity index (χ0v) is 16.2. The zero-order chi connectivity index (χ0) is 19.6. The molecule has 0 bridgehead atoms. The molecule has 0 aliphatic carbocycles. The van der Waals surface area contributed by atoms with E-state index in [0.717, 1.165) is 11.1 Å². The fraction of sp³-hybridized carbons (Fsp3) is 0.364. The molecule has 1 N–H and O–H groups in total. The number of ether oxygens (including phenoxy) is 1. The van der Waals surface area contributed by atoms with Crippen LogP contribution in [0, 0.1) is 0 Å². The molecule has 144 valence electrons. The van der Waals surface area contributed by atoms with Crippen LogP contribution in [0.3, 0.4) is 0 Å². The molecule has 0 saturated heterocycles. The molecule has 2 rings (SSSR count). The van der Waals surface area contributed by atoms with Gasteiger partial charge < -0.3 is 15.0 Å². The van der Waals surface area contributed by atoms with Gasteiger partial charge in [0, 0.05) is 12.6 Å². The average molecular weight is 368 g/mol. The first kappa shape index (κ1) is 20.6. The first-order chi connectivity index (χ1) is 13.0. The van der Waals surface area contributed by atoms with Crippen molar-refractivity contribution in [2.75, 3.05) is 19.7 Å². The van der Waals surface area contributed by atoms with Crippen LogP contribution in [0.5, 0.6) is 0 Å². The highest BCUT2D eigenvalue weighted by Crippen LogP contribution is 2.25. The second kappa shape index (κ2) is 10.5. The molecule has 2 amide bonds. The Morgan fingerprint density at radius 3 is 1.93 bits per heavy atom. The Bertz CT molecular complexity index is 677. The van der Waals surface area contributed by atoms with Crippen LogP contribution in [-0.4, -0.2) is 42.5 Å². The van der Waals surface area contributed by atoms with Gasteiger partial charge in [0.25, 0.3) is 0 Å². The summed E-state index contributed by atoms with van der Waals surface area (Å²) in [6.45, 7) is 6.05. The molecule has 2 aromatic carbocycles. The smallest absolute Gasteiger partial charge is 0.249 e. The van der Waals surface area contributed by atoms with Crippen LogP contribution >= 0.6 is 0 Å². The van der Waals surface area contributed by atoms with E-state index in [1.165, 1.54) is 4.90 Å². The minimum absolute atomic E-state index is 0.0399. The monoisotopic (exact) mass is 368 g/mol. The van der Waals surface area contributed by atoms with Gasteiger partial charge in [-0.25, -0.2) is 0 Å². The Labute approximate surface area is 161 Å². The molecule has 0 saturated carbocycles. The van der Waals surface area contributed by atoms with Crippen LogP contribution in [0.2, 0.25) is 0 Å². The number of nitrogens with zero attached hydrogens (tertiary/aromatic N) is 1. The molecule has 0 atom stereocenters. The number of amides is 2. The lowest BCUT2D eigenvalue weighted by molar-refractivity contribution is -0.141. The number of carbonyl (C=O) groups excluding carboxylic acids is 2. The van der Waals surface area contributed by atoms with Gasteiger partial charge in [-0.2, -0.15) is 0 Å². The van der Waals surface area contributed by atoms with Crippen molar-refractivity contribution in [3.8, 4) is 0 Å². The van der Waals surface area contributed by atoms with Crippen molar-refractivity contribution in [3.63, 3.8) is 0 Å². The summed E-state index contributed by atoms with van der Waals surface area (Å²) < 4.78 is 6.00. The van der Waals surface area contributed by atoms with Crippen LogP contribution in [0.4, 0.5) is 0 Å². The topological polar surface area (TPSA) is 58.6 Å². The van der Waals surface area contributed by atoms with E-state index in [1.807, 2.05) is 81.4 Å². The number of hydrogen-bond donors (Lipinski definition) is 1. The van der Waals surface area contributed by atoms with E-state index in [2.05, 4.69) is 5.32 Å². The standard InChI is InChI=1S/C22H28N2O3/c1-4-24(15-20(25)23-17(2)3)21(26)16-27-22(18-11-7-5-8-12-18)19-13-9-6-10-14-19/h5-14,17,22H,4,15-16H2,1-3H3,(H,23,25). The third-order valence-corrected chi connectivity index (χ3v) is 4.10. The molecule has 0 unspecified atom stereocenters. The zero-order valence-electron chi connectivity index (χ0n) is 16.2. The summed E-state index contributed by atoms with van der Waals surface area (Å²) in [5, 5.41) is 2.81. The van der Waals surface area contributed by atoms with Gasteiger partial charge >= 0.3 is 0 Å². The molecular formula is C22H28N2O3. The Morgan fingerprint density at radius 1 is 0.963 bits per heavy atom. The molecule has 0 heterocycles. The summed E-state index contributed by atoms with van der Waals surface area (Å²) in [6, 6.07) is 19.7. The lowest BCUT2D eigenvalue weighted by Crippen LogP contribution is -2.44. The summed E-state index contributed by atoms with van der Waals surface area (Å²) in [5.74, 6) is -0.365. The maximum absolute atomic E-state index is 12.6. The fourth-order valence-corrected chi connectivity index (χ4v) is 2.80. The van der Waals surface area contributed by atoms with Gasteiger partial charge in [0.2, 0.25) is 11.8 Å². The molecule has 0 aliphatic rings. The fourth-order valence-electron chi connectivity index (χ4n) is 2.80. The highest BCUT2D eigenvalue weighted by Gasteiger charge is 2.20. The van der Waals surface area contributed by atoms with Crippen molar-refractivity contribution < 1.29 is 14.3 Å². The van der Waals surface area contributed by atoms with Crippen molar-refractivity contribution >= 4 is 11.8 Å². The number of carbonyl (C=O) groups is 2. The maximum atomic E-state index is 12.6. The molecule has 0 aliphatic heterocycles. The molecule has 27 heavy (non-hydrogen) atoms. The van der Waals surface area contributed by atoms with Crippen LogP contribution < -0.4 is 5.32 Å². The first-order valence-corrected chi connectivity index (χ1v) is 9.29. The van der Waals surface area contributed by atoms with E-state index in [4.69, 9.17) is 4.74 Å². The number of benzene rings is 2. The van der Waals surface area contributed by atoms with Crippen LogP contribution in [-0.2, 0) is 14.3 Å². The van der Waals surface area contributed by atoms with E-state index in [1.54, 1.807) is 0 Å². The second-order valence-corrected chi connectivity index (χ2v) is 6.64. The molecular weight excluding hydrogens is 340 g/mol. The van der Waals surface area contributed by atoms with Crippen LogP contribution in [0.25, 0.3) is 0 Å². The summed E-state index contributed by atoms with van der Waals surface area (Å²) >= 11 is 0. The molecule has 0 radical (unpaired) electrons. The van der Waals surface area contributed by atoms with Crippen molar-refractivity contribution in [2.24, 2.45) is 0 Å². The SMILES string of the molecule is CCN(CC(=O)NC(C)C)C(=O)COC(c1ccccc1)c1ccccc1. The van der Waals surface area contributed by atoms with E-state index in [9.17, 15) is 9.59 Å². The normalized spacial score (nSPS) is 10.9. The second-order valence-electron chi connectivity index (χ2n) is 6.64. The predicted octanol–water partition coefficient (Wildman–Crippen LogP) is 3.17. The molecule has 0 fully saturated rings. The minimum atomic E-state index is -0.334. The third-order valence-electron chi connectivity index (χ3n) is 4.10. The quantitative estimate of drug-likeness (QED) is 0.740. The van der Waals surface area contributed by atoms with Gasteiger partial charge in [-0.3, -0.25) is 9.59 Å². The Morgan fingerprint density at radius 2 is 1.48 bits per heavy atom. The van der Waals surface area contributed by atoms with Gasteiger partial charge in [0.15, 0.2) is 0 Å². The van der Waals surface area contributed by atoms with E-state index < -0.39 is 0 Å². The maximum Gasteiger partial charge on any atom is 0.249 e. The van der Waals surface area contributed by atoms with Crippen LogP contribution in [0.15, 0.2) is 60.7 Å². The lowest BCUT2D eigenvalue weighted by atomic mass is 10.0. The number of nitrogens with one attached hydrogen (secondary N) is 1. The summed E-state index contributed by atoms with van der Waals surface area (Å²) in [4.78, 5) is 26.1. The molecule has 5 nitrogen and oxygen atoms in total. The van der Waals surface area contributed by atoms with E-state index in [0.29, 0.717) is 6.54 Å². The lowest BCUT2D eigenvalue weighted by Gasteiger charge is -2.23. The average Bonchev–Trinajstić information content (AvgIpc) is 2.67. The summed E-state index contributed by atoms with van der Waals surface area (Å²) in [7, 11) is 0. The summed E-state index contributed by atoms with van der Waals surface area (Å²) in [6.07, 6.45) is -0.334. The predicted molar refractivity (Wildman–Crippen MR) is 106 cm³/mol. The highest BCUT2D eigenvalue weighted by atomic mass is 16.5. The molecule has 2 aromatic rings. The van der Waals surface area contributed by atoms with Gasteiger partial charge in [0.1, 0.15) is 12.7 Å². The summed E-state index contributed by atoms with van der Waals surface area (Å²) in [5.41, 5.74) is 1.97. The molecule has 0 spiro atoms. The Balaban J connectivity index is 2.05. The van der Waals surface area contributed by atoms with Gasteiger partial charge in [-0.15, -0.1) is 0 Å². The Hall–Kier alpha value is -2.66. The van der Waals surface area contributed by atoms with E-state index in [-0.39, 0.29) is 37.1 Å². The highest BCUT2D eigenvalue weighted by molar-refractivity contribution is 5.85. The first-order valence-electron chi connectivity index (χ1n) is 9.29. The number of hydrogen-bond acceptors (Lipinski definition) is 3.